The van der Waals surface area contributed by atoms with E-state index >= 15 is 0 Å². The van der Waals surface area contributed by atoms with E-state index in [9.17, 15) is 5.11 Å². The van der Waals surface area contributed by atoms with E-state index in [0.717, 1.165) is 36.0 Å². The molecule has 5 rings (SSSR count). The molecule has 0 unspecified atom stereocenters. The summed E-state index contributed by atoms with van der Waals surface area (Å²) in [5.41, 5.74) is 2.08. The summed E-state index contributed by atoms with van der Waals surface area (Å²) >= 11 is 0. The fraction of sp³-hybridized carbons (Fsp3) is 1.00. The summed E-state index contributed by atoms with van der Waals surface area (Å²) in [7, 11) is 0. The Bertz CT molecular complexity index is 724. The molecule has 10 atom stereocenters. The Hall–Kier alpha value is -0.0400. The predicted molar refractivity (Wildman–Crippen MR) is 131 cm³/mol. The molecule has 1 heteroatoms. The van der Waals surface area contributed by atoms with E-state index < -0.39 is 0 Å². The first kappa shape index (κ1) is 22.7. The molecule has 0 aromatic carbocycles. The van der Waals surface area contributed by atoms with Crippen molar-refractivity contribution in [3.8, 4) is 0 Å². The minimum atomic E-state index is -0.109. The van der Waals surface area contributed by atoms with Crippen LogP contribution in [0.2, 0.25) is 0 Å². The normalized spacial score (nSPS) is 58.3. The Balaban J connectivity index is 1.54. The van der Waals surface area contributed by atoms with Gasteiger partial charge < -0.3 is 5.11 Å². The lowest BCUT2D eigenvalue weighted by Crippen LogP contribution is -2.66. The van der Waals surface area contributed by atoms with Crippen LogP contribution in [0.4, 0.5) is 0 Å². The molecule has 0 aliphatic heterocycles. The number of aliphatic hydroxyl groups excluding tert-OH is 1. The number of hydrogen-bond donors (Lipinski definition) is 1. The third-order valence-corrected chi connectivity index (χ3v) is 13.7. The average Bonchev–Trinajstić information content (AvgIpc) is 3.04. The van der Waals surface area contributed by atoms with Crippen LogP contribution in [0.5, 0.6) is 0 Å². The highest BCUT2D eigenvalue weighted by atomic mass is 16.3. The molecule has 0 heterocycles. The quantitative estimate of drug-likeness (QED) is 0.447. The van der Waals surface area contributed by atoms with Crippen molar-refractivity contribution in [2.24, 2.45) is 62.6 Å². The van der Waals surface area contributed by atoms with Crippen molar-refractivity contribution in [2.75, 3.05) is 0 Å². The van der Waals surface area contributed by atoms with E-state index in [1.807, 2.05) is 0 Å². The Morgan fingerprint density at radius 2 is 1.39 bits per heavy atom. The van der Waals surface area contributed by atoms with E-state index in [1.54, 1.807) is 0 Å². The maximum absolute atomic E-state index is 10.9. The molecule has 5 aliphatic carbocycles. The molecule has 31 heavy (non-hydrogen) atoms. The summed E-state index contributed by atoms with van der Waals surface area (Å²) < 4.78 is 0. The maximum atomic E-state index is 10.9. The fourth-order valence-corrected chi connectivity index (χ4v) is 11.7. The van der Waals surface area contributed by atoms with Gasteiger partial charge in [0.25, 0.3) is 0 Å². The third-order valence-electron chi connectivity index (χ3n) is 13.7. The second-order valence-electron chi connectivity index (χ2n) is 15.2. The smallest absolute Gasteiger partial charge is 0.0594 e. The van der Waals surface area contributed by atoms with Gasteiger partial charge in [-0.2, -0.15) is 0 Å². The van der Waals surface area contributed by atoms with Crippen LogP contribution >= 0.6 is 0 Å². The zero-order valence-corrected chi connectivity index (χ0v) is 22.1. The number of fused-ring (bicyclic) bond motifs is 7. The van der Waals surface area contributed by atoms with Crippen molar-refractivity contribution < 1.29 is 5.11 Å². The van der Waals surface area contributed by atoms with E-state index in [4.69, 9.17) is 0 Å². The van der Waals surface area contributed by atoms with E-state index in [-0.39, 0.29) is 11.5 Å². The molecule has 0 aromatic heterocycles. The number of hydrogen-bond acceptors (Lipinski definition) is 1. The van der Waals surface area contributed by atoms with Crippen LogP contribution in [-0.4, -0.2) is 11.2 Å². The molecule has 5 aliphatic rings. The first-order chi connectivity index (χ1) is 14.3. The lowest BCUT2D eigenvalue weighted by molar-refractivity contribution is -0.248. The number of aliphatic hydroxyl groups is 1. The van der Waals surface area contributed by atoms with Gasteiger partial charge in [0.05, 0.1) is 6.10 Å². The van der Waals surface area contributed by atoms with Gasteiger partial charge in [-0.3, -0.25) is 0 Å². The summed E-state index contributed by atoms with van der Waals surface area (Å²) in [6.07, 6.45) is 13.7. The molecular formula is C30H52O. The molecule has 1 N–H and O–H groups in total. The zero-order valence-electron chi connectivity index (χ0n) is 22.1. The summed E-state index contributed by atoms with van der Waals surface area (Å²) in [6.45, 7) is 20.7. The Morgan fingerprint density at radius 1 is 0.677 bits per heavy atom. The maximum Gasteiger partial charge on any atom is 0.0594 e. The van der Waals surface area contributed by atoms with Gasteiger partial charge in [0, 0.05) is 0 Å². The second-order valence-corrected chi connectivity index (χ2v) is 15.2. The van der Waals surface area contributed by atoms with Gasteiger partial charge in [-0.05, 0) is 127 Å². The van der Waals surface area contributed by atoms with Gasteiger partial charge in [-0.1, -0.05) is 55.4 Å². The Morgan fingerprint density at radius 3 is 2.06 bits per heavy atom. The van der Waals surface area contributed by atoms with Crippen molar-refractivity contribution in [1.29, 1.82) is 0 Å². The lowest BCUT2D eigenvalue weighted by Gasteiger charge is -2.73. The molecule has 0 spiro atoms. The highest BCUT2D eigenvalue weighted by Gasteiger charge is 2.70. The van der Waals surface area contributed by atoms with E-state index in [2.05, 4.69) is 55.4 Å². The van der Waals surface area contributed by atoms with Crippen LogP contribution < -0.4 is 0 Å². The van der Waals surface area contributed by atoms with Crippen molar-refractivity contribution in [2.45, 2.75) is 126 Å². The average molecular weight is 429 g/mol. The summed E-state index contributed by atoms with van der Waals surface area (Å²) in [5.74, 6) is 5.21. The van der Waals surface area contributed by atoms with Crippen molar-refractivity contribution in [1.82, 2.24) is 0 Å². The zero-order chi connectivity index (χ0) is 22.6. The van der Waals surface area contributed by atoms with Crippen molar-refractivity contribution >= 4 is 0 Å². The van der Waals surface area contributed by atoms with Crippen molar-refractivity contribution in [3.63, 3.8) is 0 Å². The largest absolute Gasteiger partial charge is 0.393 e. The van der Waals surface area contributed by atoms with Crippen molar-refractivity contribution in [3.05, 3.63) is 0 Å². The van der Waals surface area contributed by atoms with Gasteiger partial charge in [0.1, 0.15) is 0 Å². The lowest BCUT2D eigenvalue weighted by atomic mass is 9.32. The SMILES string of the molecule is CC(C)[C@@H]1CC[C@]2(C)CC[C@]3(C)[C@H](CC[C@@H]4[C@]5(C)CC[C@@H](O)C(C)(C)[C@@H]5CC[C@@]43C)[C@@H]12. The molecule has 0 radical (unpaired) electrons. The molecule has 1 nitrogen and oxygen atoms in total. The highest BCUT2D eigenvalue weighted by Crippen LogP contribution is 2.77. The van der Waals surface area contributed by atoms with Gasteiger partial charge in [-0.15, -0.1) is 0 Å². The molecule has 5 saturated carbocycles. The minimum absolute atomic E-state index is 0.0748. The van der Waals surface area contributed by atoms with Crippen LogP contribution in [0.15, 0.2) is 0 Å². The Labute approximate surface area is 193 Å². The molecule has 5 fully saturated rings. The summed E-state index contributed by atoms with van der Waals surface area (Å²) in [4.78, 5) is 0. The Kier molecular flexibility index (Phi) is 4.96. The van der Waals surface area contributed by atoms with Crippen LogP contribution in [0.1, 0.15) is 120 Å². The highest BCUT2D eigenvalue weighted by molar-refractivity contribution is 5.19. The van der Waals surface area contributed by atoms with Crippen LogP contribution in [0, 0.1) is 62.6 Å². The molecule has 0 aromatic rings. The van der Waals surface area contributed by atoms with Gasteiger partial charge >= 0.3 is 0 Å². The summed E-state index contributed by atoms with van der Waals surface area (Å²) in [5, 5.41) is 10.9. The summed E-state index contributed by atoms with van der Waals surface area (Å²) in [6, 6.07) is 0. The molecular weight excluding hydrogens is 376 g/mol. The van der Waals surface area contributed by atoms with Crippen LogP contribution in [0.25, 0.3) is 0 Å². The molecule has 178 valence electrons. The predicted octanol–water partition coefficient (Wildman–Crippen LogP) is 8.10. The number of rotatable bonds is 1. The van der Waals surface area contributed by atoms with Gasteiger partial charge in [-0.25, -0.2) is 0 Å². The van der Waals surface area contributed by atoms with Crippen LogP contribution in [0.3, 0.4) is 0 Å². The fourth-order valence-electron chi connectivity index (χ4n) is 11.7. The third kappa shape index (κ3) is 2.71. The minimum Gasteiger partial charge on any atom is -0.393 e. The van der Waals surface area contributed by atoms with Gasteiger partial charge in [0.2, 0.25) is 0 Å². The van der Waals surface area contributed by atoms with Crippen LogP contribution in [-0.2, 0) is 0 Å². The van der Waals surface area contributed by atoms with Gasteiger partial charge in [0.15, 0.2) is 0 Å². The monoisotopic (exact) mass is 428 g/mol. The molecule has 0 amide bonds. The standard InChI is InChI=1S/C30H52O/c1-19(2)20-11-14-27(5)17-18-29(7)21(25(20)27)9-10-23-28(6)15-13-24(31)26(3,4)22(28)12-16-30(23,29)8/h19-25,31H,9-18H2,1-8H3/t20-,21+,22-,23+,24+,25+,27+,28+,29+,30-/m0/s1. The van der Waals surface area contributed by atoms with E-state index in [1.165, 1.54) is 57.8 Å². The molecule has 0 bridgehead atoms. The molecule has 0 saturated heterocycles. The van der Waals surface area contributed by atoms with E-state index in [0.29, 0.717) is 27.6 Å². The second kappa shape index (κ2) is 6.76. The first-order valence-electron chi connectivity index (χ1n) is 14.0. The topological polar surface area (TPSA) is 20.2 Å². The first-order valence-corrected chi connectivity index (χ1v) is 14.0.